The number of carbonyl (C=O) groups excluding carboxylic acids is 2. The minimum Gasteiger partial charge on any atom is -0.464 e. The van der Waals surface area contributed by atoms with Crippen LogP contribution in [0.4, 0.5) is 5.95 Å². The number of nitrogens with zero attached hydrogens (tertiary/aromatic N) is 4. The summed E-state index contributed by atoms with van der Waals surface area (Å²) in [5, 5.41) is 0. The molecule has 2 aromatic heterocycles. The van der Waals surface area contributed by atoms with E-state index in [1.807, 2.05) is 0 Å². The number of anilines is 1. The molecule has 0 saturated carbocycles. The molecular formula is C12H10BrN5O4. The smallest absolute Gasteiger partial charge is 0.357 e. The fourth-order valence-electron chi connectivity index (χ4n) is 1.56. The van der Waals surface area contributed by atoms with E-state index in [2.05, 4.69) is 45.3 Å². The summed E-state index contributed by atoms with van der Waals surface area (Å²) in [6.07, 6.45) is 1.28. The molecule has 0 fully saturated rings. The van der Waals surface area contributed by atoms with Gasteiger partial charge in [0.05, 0.1) is 19.8 Å². The van der Waals surface area contributed by atoms with Crippen molar-refractivity contribution in [1.29, 1.82) is 0 Å². The molecule has 0 spiro atoms. The van der Waals surface area contributed by atoms with Gasteiger partial charge in [-0.05, 0) is 15.9 Å². The van der Waals surface area contributed by atoms with Crippen molar-refractivity contribution < 1.29 is 19.1 Å². The Bertz CT molecular complexity index is 752. The number of ether oxygens (including phenoxy) is 2. The van der Waals surface area contributed by atoms with E-state index in [-0.39, 0.29) is 28.7 Å². The Morgan fingerprint density at radius 3 is 2.45 bits per heavy atom. The van der Waals surface area contributed by atoms with Crippen LogP contribution in [0, 0.1) is 0 Å². The second-order valence-electron chi connectivity index (χ2n) is 3.87. The number of nitrogens with two attached hydrogens (primary N) is 1. The first-order valence-electron chi connectivity index (χ1n) is 5.80. The molecule has 0 atom stereocenters. The van der Waals surface area contributed by atoms with Crippen molar-refractivity contribution in [2.24, 2.45) is 0 Å². The molecule has 22 heavy (non-hydrogen) atoms. The molecule has 0 aromatic carbocycles. The van der Waals surface area contributed by atoms with E-state index in [0.29, 0.717) is 4.60 Å². The third-order valence-corrected chi connectivity index (χ3v) is 2.92. The number of hydrogen-bond acceptors (Lipinski definition) is 9. The van der Waals surface area contributed by atoms with Gasteiger partial charge in [0.1, 0.15) is 4.60 Å². The summed E-state index contributed by atoms with van der Waals surface area (Å²) in [6.45, 7) is 0. The van der Waals surface area contributed by atoms with E-state index in [1.165, 1.54) is 26.5 Å². The Kier molecular flexibility index (Phi) is 4.61. The van der Waals surface area contributed by atoms with E-state index in [0.717, 1.165) is 0 Å². The molecule has 0 saturated heterocycles. The summed E-state index contributed by atoms with van der Waals surface area (Å²) in [5.74, 6) is -1.44. The first kappa shape index (κ1) is 15.8. The molecule has 10 heteroatoms. The third kappa shape index (κ3) is 3.17. The van der Waals surface area contributed by atoms with Gasteiger partial charge in [-0.15, -0.1) is 0 Å². The maximum Gasteiger partial charge on any atom is 0.357 e. The van der Waals surface area contributed by atoms with Gasteiger partial charge in [0.25, 0.3) is 0 Å². The van der Waals surface area contributed by atoms with Gasteiger partial charge in [-0.25, -0.2) is 29.5 Å². The van der Waals surface area contributed by atoms with Crippen molar-refractivity contribution in [3.8, 4) is 11.4 Å². The summed E-state index contributed by atoms with van der Waals surface area (Å²) in [4.78, 5) is 39.2. The lowest BCUT2D eigenvalue weighted by atomic mass is 10.2. The van der Waals surface area contributed by atoms with Crippen LogP contribution in [0.1, 0.15) is 21.0 Å². The molecule has 2 N–H and O–H groups in total. The molecule has 0 aliphatic rings. The van der Waals surface area contributed by atoms with E-state index in [9.17, 15) is 9.59 Å². The van der Waals surface area contributed by atoms with E-state index < -0.39 is 11.9 Å². The molecule has 0 unspecified atom stereocenters. The summed E-state index contributed by atoms with van der Waals surface area (Å²) >= 11 is 3.16. The van der Waals surface area contributed by atoms with Crippen molar-refractivity contribution in [2.75, 3.05) is 20.0 Å². The first-order valence-corrected chi connectivity index (χ1v) is 6.59. The molecule has 2 rings (SSSR count). The van der Waals surface area contributed by atoms with Crippen molar-refractivity contribution in [3.63, 3.8) is 0 Å². The maximum absolute atomic E-state index is 11.8. The van der Waals surface area contributed by atoms with E-state index in [4.69, 9.17) is 5.73 Å². The van der Waals surface area contributed by atoms with Gasteiger partial charge in [-0.1, -0.05) is 0 Å². The normalized spacial score (nSPS) is 10.1. The third-order valence-electron chi connectivity index (χ3n) is 2.52. The van der Waals surface area contributed by atoms with Gasteiger partial charge in [0, 0.05) is 12.3 Å². The first-order chi connectivity index (χ1) is 10.5. The second-order valence-corrected chi connectivity index (χ2v) is 4.69. The molecule has 9 nitrogen and oxygen atoms in total. The van der Waals surface area contributed by atoms with Crippen LogP contribution in [0.5, 0.6) is 0 Å². The number of nitrogen functional groups attached to an aromatic ring is 1. The quantitative estimate of drug-likeness (QED) is 0.619. The molecule has 0 bridgehead atoms. The molecular weight excluding hydrogens is 358 g/mol. The minimum atomic E-state index is -0.729. The maximum atomic E-state index is 11.8. The molecule has 2 heterocycles. The lowest BCUT2D eigenvalue weighted by molar-refractivity contribution is 0.0587. The monoisotopic (exact) mass is 367 g/mol. The minimum absolute atomic E-state index is 0.00650. The highest BCUT2D eigenvalue weighted by atomic mass is 79.9. The lowest BCUT2D eigenvalue weighted by Crippen LogP contribution is -2.12. The molecule has 0 aliphatic heterocycles. The molecule has 0 amide bonds. The second kappa shape index (κ2) is 6.43. The standard InChI is InChI=1S/C12H10BrN5O4/c1-21-10(19)6-3-7(13)17-9(16-6)5-4-15-12(14)18-8(5)11(20)22-2/h3-4H,1-2H3,(H2,14,15,18). The lowest BCUT2D eigenvalue weighted by Gasteiger charge is -2.07. The van der Waals surface area contributed by atoms with E-state index >= 15 is 0 Å². The SMILES string of the molecule is COC(=O)c1cc(Br)nc(-c2cnc(N)nc2C(=O)OC)n1. The number of aromatic nitrogens is 4. The fraction of sp³-hybridized carbons (Fsp3) is 0.167. The van der Waals surface area contributed by atoms with Gasteiger partial charge in [0.2, 0.25) is 5.95 Å². The Morgan fingerprint density at radius 1 is 1.14 bits per heavy atom. The highest BCUT2D eigenvalue weighted by Gasteiger charge is 2.21. The highest BCUT2D eigenvalue weighted by Crippen LogP contribution is 2.22. The zero-order valence-electron chi connectivity index (χ0n) is 11.5. The Morgan fingerprint density at radius 2 is 1.82 bits per heavy atom. The van der Waals surface area contributed by atoms with Crippen LogP contribution in [0.25, 0.3) is 11.4 Å². The molecule has 0 radical (unpaired) electrons. The topological polar surface area (TPSA) is 130 Å². The fourth-order valence-corrected chi connectivity index (χ4v) is 1.94. The average Bonchev–Trinajstić information content (AvgIpc) is 2.52. The molecule has 114 valence electrons. The van der Waals surface area contributed by atoms with Crippen LogP contribution in [-0.4, -0.2) is 46.1 Å². The summed E-state index contributed by atoms with van der Waals surface area (Å²) in [7, 11) is 2.43. The van der Waals surface area contributed by atoms with Gasteiger partial charge in [-0.2, -0.15) is 0 Å². The largest absolute Gasteiger partial charge is 0.464 e. The number of hydrogen-bond donors (Lipinski definition) is 1. The van der Waals surface area contributed by atoms with Crippen LogP contribution >= 0.6 is 15.9 Å². The summed E-state index contributed by atoms with van der Waals surface area (Å²) in [5.41, 5.74) is 5.55. The van der Waals surface area contributed by atoms with Crippen LogP contribution in [0.2, 0.25) is 0 Å². The Balaban J connectivity index is 2.64. The Labute approximate surface area is 133 Å². The predicted octanol–water partition coefficient (Wildman–Crippen LogP) is 0.851. The van der Waals surface area contributed by atoms with E-state index in [1.54, 1.807) is 0 Å². The predicted molar refractivity (Wildman–Crippen MR) is 77.8 cm³/mol. The Hall–Kier alpha value is -2.62. The summed E-state index contributed by atoms with van der Waals surface area (Å²) < 4.78 is 9.57. The molecule has 0 aliphatic carbocycles. The van der Waals surface area contributed by atoms with Crippen LogP contribution in [0.3, 0.4) is 0 Å². The van der Waals surface area contributed by atoms with Crippen LogP contribution in [0.15, 0.2) is 16.9 Å². The number of methoxy groups -OCH3 is 2. The van der Waals surface area contributed by atoms with Gasteiger partial charge in [0.15, 0.2) is 17.2 Å². The number of esters is 2. The zero-order chi connectivity index (χ0) is 16.3. The summed E-state index contributed by atoms with van der Waals surface area (Å²) in [6, 6.07) is 1.38. The highest BCUT2D eigenvalue weighted by molar-refractivity contribution is 9.10. The van der Waals surface area contributed by atoms with Crippen LogP contribution in [-0.2, 0) is 9.47 Å². The average molecular weight is 368 g/mol. The van der Waals surface area contributed by atoms with Crippen molar-refractivity contribution in [1.82, 2.24) is 19.9 Å². The zero-order valence-corrected chi connectivity index (χ0v) is 13.1. The van der Waals surface area contributed by atoms with Crippen LogP contribution < -0.4 is 5.73 Å². The van der Waals surface area contributed by atoms with Gasteiger partial charge in [-0.3, -0.25) is 0 Å². The number of carbonyl (C=O) groups is 2. The van der Waals surface area contributed by atoms with Gasteiger partial charge < -0.3 is 15.2 Å². The van der Waals surface area contributed by atoms with Crippen molar-refractivity contribution in [2.45, 2.75) is 0 Å². The molecule has 2 aromatic rings. The van der Waals surface area contributed by atoms with Gasteiger partial charge >= 0.3 is 11.9 Å². The number of halogens is 1. The number of rotatable bonds is 3. The van der Waals surface area contributed by atoms with Crippen molar-refractivity contribution >= 4 is 33.8 Å². The van der Waals surface area contributed by atoms with Crippen molar-refractivity contribution in [3.05, 3.63) is 28.3 Å².